The van der Waals surface area contributed by atoms with E-state index in [0.717, 1.165) is 32.2 Å². The average molecular weight is 267 g/mol. The van der Waals surface area contributed by atoms with Crippen LogP contribution < -0.4 is 0 Å². The minimum Gasteiger partial charge on any atom is -0.393 e. The first kappa shape index (κ1) is 14.8. The summed E-state index contributed by atoms with van der Waals surface area (Å²) in [5, 5.41) is 9.59. The van der Waals surface area contributed by atoms with Crippen molar-refractivity contribution in [2.75, 3.05) is 6.54 Å². The number of aliphatic hydroxyl groups excluding tert-OH is 1. The molecule has 2 rings (SSSR count). The van der Waals surface area contributed by atoms with Gasteiger partial charge in [-0.3, -0.25) is 4.79 Å². The van der Waals surface area contributed by atoms with Crippen molar-refractivity contribution in [3.8, 4) is 0 Å². The van der Waals surface area contributed by atoms with Crippen LogP contribution in [0.4, 0.5) is 0 Å². The Bertz CT molecular complexity index is 284. The third-order valence-corrected chi connectivity index (χ3v) is 4.75. The second-order valence-electron chi connectivity index (χ2n) is 6.53. The third-order valence-electron chi connectivity index (χ3n) is 4.75. The highest BCUT2D eigenvalue weighted by Crippen LogP contribution is 2.29. The van der Waals surface area contributed by atoms with Crippen molar-refractivity contribution in [1.82, 2.24) is 4.90 Å². The maximum Gasteiger partial charge on any atom is 0.223 e. The number of piperidine rings is 1. The Morgan fingerprint density at radius 1 is 1.16 bits per heavy atom. The molecule has 0 aromatic carbocycles. The lowest BCUT2D eigenvalue weighted by molar-refractivity contribution is -0.136. The van der Waals surface area contributed by atoms with E-state index in [1.54, 1.807) is 0 Å². The van der Waals surface area contributed by atoms with Crippen LogP contribution in [0.3, 0.4) is 0 Å². The molecule has 110 valence electrons. The smallest absolute Gasteiger partial charge is 0.223 e. The van der Waals surface area contributed by atoms with Crippen LogP contribution in [0.15, 0.2) is 0 Å². The second-order valence-corrected chi connectivity index (χ2v) is 6.53. The fourth-order valence-corrected chi connectivity index (χ4v) is 3.72. The molecule has 0 radical (unpaired) electrons. The summed E-state index contributed by atoms with van der Waals surface area (Å²) in [6.07, 6.45) is 11.0. The summed E-state index contributed by atoms with van der Waals surface area (Å²) in [5.41, 5.74) is 0. The average Bonchev–Trinajstić information content (AvgIpc) is 2.39. The van der Waals surface area contributed by atoms with Crippen LogP contribution in [0.5, 0.6) is 0 Å². The van der Waals surface area contributed by atoms with Crippen molar-refractivity contribution >= 4 is 5.91 Å². The van der Waals surface area contributed by atoms with Gasteiger partial charge < -0.3 is 10.0 Å². The molecule has 0 aromatic rings. The van der Waals surface area contributed by atoms with Crippen molar-refractivity contribution in [2.24, 2.45) is 5.92 Å². The summed E-state index contributed by atoms with van der Waals surface area (Å²) in [6.45, 7) is 2.74. The van der Waals surface area contributed by atoms with Gasteiger partial charge in [0.2, 0.25) is 5.91 Å². The van der Waals surface area contributed by atoms with Crippen molar-refractivity contribution in [1.29, 1.82) is 0 Å². The van der Waals surface area contributed by atoms with E-state index in [1.165, 1.54) is 38.5 Å². The minimum atomic E-state index is -0.298. The predicted molar refractivity (Wildman–Crippen MR) is 76.8 cm³/mol. The number of aliphatic hydroxyl groups is 1. The largest absolute Gasteiger partial charge is 0.393 e. The quantitative estimate of drug-likeness (QED) is 0.850. The number of amides is 1. The van der Waals surface area contributed by atoms with Gasteiger partial charge in [-0.05, 0) is 51.4 Å². The van der Waals surface area contributed by atoms with Crippen molar-refractivity contribution in [3.05, 3.63) is 0 Å². The highest BCUT2D eigenvalue weighted by Gasteiger charge is 2.29. The number of hydrogen-bond donors (Lipinski definition) is 1. The Labute approximate surface area is 117 Å². The standard InChI is InChI=1S/C16H29NO2/c1-13(18)11-15-9-5-6-10-17(15)16(19)12-14-7-3-2-4-8-14/h13-15,18H,2-12H2,1H3. The normalized spacial score (nSPS) is 27.3. The number of likely N-dealkylation sites (tertiary alicyclic amines) is 1. The van der Waals surface area contributed by atoms with Gasteiger partial charge in [-0.2, -0.15) is 0 Å². The van der Waals surface area contributed by atoms with Crippen molar-refractivity contribution in [3.63, 3.8) is 0 Å². The van der Waals surface area contributed by atoms with Gasteiger partial charge in [-0.25, -0.2) is 0 Å². The van der Waals surface area contributed by atoms with E-state index in [0.29, 0.717) is 11.8 Å². The molecule has 2 aliphatic rings. The van der Waals surface area contributed by atoms with Gasteiger partial charge in [-0.15, -0.1) is 0 Å². The summed E-state index contributed by atoms with van der Waals surface area (Å²) in [5.74, 6) is 0.965. The highest BCUT2D eigenvalue weighted by atomic mass is 16.3. The van der Waals surface area contributed by atoms with E-state index in [-0.39, 0.29) is 12.1 Å². The highest BCUT2D eigenvalue weighted by molar-refractivity contribution is 5.77. The Balaban J connectivity index is 1.87. The molecular weight excluding hydrogens is 238 g/mol. The Morgan fingerprint density at radius 2 is 1.84 bits per heavy atom. The molecule has 1 N–H and O–H groups in total. The topological polar surface area (TPSA) is 40.5 Å². The first-order chi connectivity index (χ1) is 9.16. The SMILES string of the molecule is CC(O)CC1CCCCN1C(=O)CC1CCCCC1. The minimum absolute atomic E-state index is 0.282. The lowest BCUT2D eigenvalue weighted by Gasteiger charge is -2.37. The Kier molecular flexibility index (Phi) is 5.68. The zero-order chi connectivity index (χ0) is 13.7. The van der Waals surface area contributed by atoms with Gasteiger partial charge in [0.25, 0.3) is 0 Å². The van der Waals surface area contributed by atoms with Crippen LogP contribution in [0.1, 0.15) is 71.1 Å². The predicted octanol–water partition coefficient (Wildman–Crippen LogP) is 3.11. The van der Waals surface area contributed by atoms with Crippen LogP contribution in [0.25, 0.3) is 0 Å². The van der Waals surface area contributed by atoms with Crippen LogP contribution in [-0.2, 0) is 4.79 Å². The molecule has 0 aromatic heterocycles. The van der Waals surface area contributed by atoms with Crippen LogP contribution in [0, 0.1) is 5.92 Å². The zero-order valence-electron chi connectivity index (χ0n) is 12.3. The molecule has 1 aliphatic heterocycles. The summed E-state index contributed by atoms with van der Waals surface area (Å²) in [6, 6.07) is 0.282. The molecular formula is C16H29NO2. The van der Waals surface area contributed by atoms with E-state index < -0.39 is 0 Å². The van der Waals surface area contributed by atoms with Gasteiger partial charge in [0.15, 0.2) is 0 Å². The Morgan fingerprint density at radius 3 is 2.53 bits per heavy atom. The summed E-state index contributed by atoms with van der Waals surface area (Å²) in [4.78, 5) is 14.6. The molecule has 0 spiro atoms. The number of hydrogen-bond acceptors (Lipinski definition) is 2. The van der Waals surface area contributed by atoms with E-state index >= 15 is 0 Å². The lowest BCUT2D eigenvalue weighted by Crippen LogP contribution is -2.45. The van der Waals surface area contributed by atoms with Crippen molar-refractivity contribution < 1.29 is 9.90 Å². The summed E-state index contributed by atoms with van der Waals surface area (Å²) in [7, 11) is 0. The molecule has 1 saturated carbocycles. The van der Waals surface area contributed by atoms with E-state index in [9.17, 15) is 9.90 Å². The molecule has 1 heterocycles. The van der Waals surface area contributed by atoms with E-state index in [2.05, 4.69) is 4.90 Å². The van der Waals surface area contributed by atoms with Gasteiger partial charge in [-0.1, -0.05) is 19.3 Å². The summed E-state index contributed by atoms with van der Waals surface area (Å²) < 4.78 is 0. The van der Waals surface area contributed by atoms with Crippen LogP contribution in [0.2, 0.25) is 0 Å². The molecule has 1 aliphatic carbocycles. The molecule has 1 saturated heterocycles. The van der Waals surface area contributed by atoms with E-state index in [1.807, 2.05) is 6.92 Å². The molecule has 3 nitrogen and oxygen atoms in total. The monoisotopic (exact) mass is 267 g/mol. The fraction of sp³-hybridized carbons (Fsp3) is 0.938. The van der Waals surface area contributed by atoms with Crippen LogP contribution in [-0.4, -0.2) is 34.6 Å². The Hall–Kier alpha value is -0.570. The maximum atomic E-state index is 12.5. The zero-order valence-corrected chi connectivity index (χ0v) is 12.3. The lowest BCUT2D eigenvalue weighted by atomic mass is 9.86. The molecule has 2 atom stereocenters. The van der Waals surface area contributed by atoms with Crippen LogP contribution >= 0.6 is 0 Å². The van der Waals surface area contributed by atoms with Gasteiger partial charge in [0.1, 0.15) is 0 Å². The first-order valence-electron chi connectivity index (χ1n) is 8.14. The molecule has 1 amide bonds. The third kappa shape index (κ3) is 4.48. The first-order valence-corrected chi connectivity index (χ1v) is 8.14. The fourth-order valence-electron chi connectivity index (χ4n) is 3.72. The van der Waals surface area contributed by atoms with Gasteiger partial charge in [0, 0.05) is 19.0 Å². The van der Waals surface area contributed by atoms with Gasteiger partial charge >= 0.3 is 0 Å². The van der Waals surface area contributed by atoms with E-state index in [4.69, 9.17) is 0 Å². The second kappa shape index (κ2) is 7.28. The molecule has 19 heavy (non-hydrogen) atoms. The number of nitrogens with zero attached hydrogens (tertiary/aromatic N) is 1. The molecule has 3 heteroatoms. The molecule has 2 unspecified atom stereocenters. The number of rotatable bonds is 4. The number of carbonyl (C=O) groups excluding carboxylic acids is 1. The maximum absolute atomic E-state index is 12.5. The molecule has 0 bridgehead atoms. The van der Waals surface area contributed by atoms with Gasteiger partial charge in [0.05, 0.1) is 6.10 Å². The summed E-state index contributed by atoms with van der Waals surface area (Å²) >= 11 is 0. The molecule has 2 fully saturated rings. The number of carbonyl (C=O) groups is 1. The van der Waals surface area contributed by atoms with Crippen molar-refractivity contribution in [2.45, 2.75) is 83.3 Å².